The first-order valence-corrected chi connectivity index (χ1v) is 20.1. The first kappa shape index (κ1) is 43.8. The van der Waals surface area contributed by atoms with Crippen LogP contribution >= 0.6 is 23.5 Å². The number of hydrogen-bond donors (Lipinski definition) is 8. The smallest absolute Gasteiger partial charge is 0.387 e. The Bertz CT molecular complexity index is 1450. The van der Waals surface area contributed by atoms with Crippen molar-refractivity contribution in [1.82, 2.24) is 19.5 Å². The quantitative estimate of drug-likeness (QED) is 0.0379. The molecule has 1 saturated heterocycles. The second kappa shape index (κ2) is 21.9. The van der Waals surface area contributed by atoms with Gasteiger partial charge in [0.2, 0.25) is 0 Å². The Balaban J connectivity index is 1.33. The maximum absolute atomic E-state index is 12.0. The van der Waals surface area contributed by atoms with Gasteiger partial charge in [0.1, 0.15) is 24.6 Å². The minimum absolute atomic E-state index is 0.200. The Morgan fingerprint density at radius 3 is 1.90 bits per heavy atom. The van der Waals surface area contributed by atoms with Gasteiger partial charge in [-0.3, -0.25) is 9.09 Å². The standard InChI is InChI=1S/C24H45N6O18P3/c25-3-1-5-40-7-9-42-11-13-44-14-12-43-10-8-41-6-2-4-26-22-19-23(28-16-27-22)30(17-29-19)24-21(32)20(31)18(46-24)15-45-50(36,37)48-51(38,39)47-49(33,34)35/h16-18,20-21,24,31-32H,1-15,25H2,(H,36,37)(H,38,39)(H,26,27,28)(H2,33,34,35). The summed E-state index contributed by atoms with van der Waals surface area (Å²) < 4.78 is 80.2. The van der Waals surface area contributed by atoms with Crippen molar-refractivity contribution in [2.24, 2.45) is 5.73 Å². The molecule has 0 amide bonds. The third-order valence-electron chi connectivity index (χ3n) is 6.53. The number of aliphatic hydroxyl groups is 2. The summed E-state index contributed by atoms with van der Waals surface area (Å²) in [5, 5.41) is 24.2. The largest absolute Gasteiger partial charge is 0.490 e. The van der Waals surface area contributed by atoms with E-state index in [2.05, 4.69) is 33.4 Å². The molecule has 0 aromatic carbocycles. The molecule has 1 fully saturated rings. The average molecular weight is 799 g/mol. The van der Waals surface area contributed by atoms with Crippen LogP contribution in [0, 0.1) is 0 Å². The van der Waals surface area contributed by atoms with Gasteiger partial charge in [0.05, 0.1) is 65.8 Å². The van der Waals surface area contributed by atoms with Crippen molar-refractivity contribution in [2.45, 2.75) is 37.4 Å². The molecule has 51 heavy (non-hydrogen) atoms. The Kier molecular flexibility index (Phi) is 18.8. The fraction of sp³-hybridized carbons (Fsp3) is 0.792. The van der Waals surface area contributed by atoms with Crippen LogP contribution in [-0.2, 0) is 55.3 Å². The third kappa shape index (κ3) is 16.1. The van der Waals surface area contributed by atoms with E-state index in [0.29, 0.717) is 96.9 Å². The minimum Gasteiger partial charge on any atom is -0.387 e. The van der Waals surface area contributed by atoms with Gasteiger partial charge in [-0.15, -0.1) is 0 Å². The van der Waals surface area contributed by atoms with Crippen LogP contribution in [0.4, 0.5) is 5.82 Å². The lowest BCUT2D eigenvalue weighted by Gasteiger charge is -2.19. The Labute approximate surface area is 291 Å². The molecule has 27 heteroatoms. The first-order valence-electron chi connectivity index (χ1n) is 15.5. The van der Waals surface area contributed by atoms with Crippen LogP contribution in [0.3, 0.4) is 0 Å². The number of aromatic nitrogens is 4. The van der Waals surface area contributed by atoms with E-state index in [4.69, 9.17) is 43.9 Å². The van der Waals surface area contributed by atoms with Gasteiger partial charge in [0, 0.05) is 19.8 Å². The van der Waals surface area contributed by atoms with Crippen molar-refractivity contribution < 1.29 is 85.0 Å². The van der Waals surface area contributed by atoms with E-state index in [-0.39, 0.29) is 5.65 Å². The summed E-state index contributed by atoms with van der Waals surface area (Å²) in [6.45, 7) is 4.78. The molecule has 9 N–H and O–H groups in total. The molecule has 1 aliphatic rings. The first-order chi connectivity index (χ1) is 24.2. The normalized spacial score (nSPS) is 21.9. The summed E-state index contributed by atoms with van der Waals surface area (Å²) in [6.07, 6.45) is -2.19. The van der Waals surface area contributed by atoms with Crippen molar-refractivity contribution in [3.8, 4) is 0 Å². The van der Waals surface area contributed by atoms with Crippen LogP contribution in [0.1, 0.15) is 19.1 Å². The second-order valence-electron chi connectivity index (χ2n) is 10.5. The molecule has 0 radical (unpaired) electrons. The SMILES string of the molecule is NCCCOCCOCCOCCOCCOCCCNc1ncnc2c1ncn2C1OC(COP(=O)(O)OP(=O)(O)OP(=O)(O)O)C(O)C1O. The molecule has 2 aromatic rings. The number of imidazole rings is 1. The Morgan fingerprint density at radius 2 is 1.33 bits per heavy atom. The molecular formula is C24H45N6O18P3. The van der Waals surface area contributed by atoms with Crippen molar-refractivity contribution in [2.75, 3.05) is 91.1 Å². The third-order valence-corrected chi connectivity index (χ3v) is 10.3. The molecule has 0 aliphatic carbocycles. The van der Waals surface area contributed by atoms with Crippen LogP contribution in [0.25, 0.3) is 11.2 Å². The van der Waals surface area contributed by atoms with Gasteiger partial charge in [-0.25, -0.2) is 28.6 Å². The van der Waals surface area contributed by atoms with Gasteiger partial charge >= 0.3 is 23.5 Å². The topological polar surface area (TPSA) is 337 Å². The van der Waals surface area contributed by atoms with E-state index in [1.54, 1.807) is 0 Å². The number of phosphoric ester groups is 1. The van der Waals surface area contributed by atoms with E-state index in [0.717, 1.165) is 6.42 Å². The zero-order valence-corrected chi connectivity index (χ0v) is 30.0. The number of fused-ring (bicyclic) bond motifs is 1. The number of nitrogens with zero attached hydrogens (tertiary/aromatic N) is 4. The summed E-state index contributed by atoms with van der Waals surface area (Å²) in [4.78, 5) is 48.8. The summed E-state index contributed by atoms with van der Waals surface area (Å²) in [6, 6.07) is 0. The predicted octanol–water partition coefficient (Wildman–Crippen LogP) is -0.977. The molecule has 3 rings (SSSR count). The van der Waals surface area contributed by atoms with Crippen LogP contribution in [0.15, 0.2) is 12.7 Å². The summed E-state index contributed by atoms with van der Waals surface area (Å²) in [5.74, 6) is 0.362. The number of hydrogen-bond acceptors (Lipinski definition) is 19. The van der Waals surface area contributed by atoms with Crippen molar-refractivity contribution in [1.29, 1.82) is 0 Å². The number of nitrogens with one attached hydrogen (secondary N) is 1. The van der Waals surface area contributed by atoms with Gasteiger partial charge in [-0.1, -0.05) is 0 Å². The molecule has 294 valence electrons. The molecule has 0 spiro atoms. The molecule has 3 heterocycles. The number of phosphoric acid groups is 3. The van der Waals surface area contributed by atoms with Crippen LogP contribution in [-0.4, -0.2) is 153 Å². The van der Waals surface area contributed by atoms with Gasteiger partial charge in [0.25, 0.3) is 0 Å². The molecule has 6 atom stereocenters. The van der Waals surface area contributed by atoms with Crippen molar-refractivity contribution in [3.05, 3.63) is 12.7 Å². The fourth-order valence-corrected chi connectivity index (χ4v) is 7.31. The van der Waals surface area contributed by atoms with E-state index in [1.165, 1.54) is 17.2 Å². The molecule has 1 aliphatic heterocycles. The number of nitrogens with two attached hydrogens (primary N) is 1. The van der Waals surface area contributed by atoms with Gasteiger partial charge in [-0.05, 0) is 19.4 Å². The number of rotatable bonds is 28. The van der Waals surface area contributed by atoms with E-state index >= 15 is 0 Å². The van der Waals surface area contributed by atoms with Crippen molar-refractivity contribution in [3.63, 3.8) is 0 Å². The van der Waals surface area contributed by atoms with Crippen LogP contribution in [0.5, 0.6) is 0 Å². The zero-order valence-electron chi connectivity index (χ0n) is 27.4. The lowest BCUT2D eigenvalue weighted by atomic mass is 10.1. The van der Waals surface area contributed by atoms with Gasteiger partial charge < -0.3 is 69.3 Å². The Morgan fingerprint density at radius 1 is 0.765 bits per heavy atom. The van der Waals surface area contributed by atoms with E-state index in [1.807, 2.05) is 0 Å². The number of ether oxygens (including phenoxy) is 6. The zero-order chi connectivity index (χ0) is 37.3. The van der Waals surface area contributed by atoms with Crippen LogP contribution in [0.2, 0.25) is 0 Å². The fourth-order valence-electron chi connectivity index (χ4n) is 4.28. The van der Waals surface area contributed by atoms with Crippen molar-refractivity contribution >= 4 is 40.4 Å². The summed E-state index contributed by atoms with van der Waals surface area (Å²) >= 11 is 0. The molecule has 6 unspecified atom stereocenters. The van der Waals surface area contributed by atoms with E-state index in [9.17, 15) is 33.7 Å². The molecule has 24 nitrogen and oxygen atoms in total. The van der Waals surface area contributed by atoms with Gasteiger partial charge in [0.15, 0.2) is 23.2 Å². The highest BCUT2D eigenvalue weighted by atomic mass is 31.3. The minimum atomic E-state index is -5.75. The highest BCUT2D eigenvalue weighted by Crippen LogP contribution is 2.66. The van der Waals surface area contributed by atoms with E-state index < -0.39 is 54.6 Å². The maximum atomic E-state index is 12.0. The number of anilines is 1. The Hall–Kier alpha value is -1.60. The predicted molar refractivity (Wildman–Crippen MR) is 172 cm³/mol. The second-order valence-corrected chi connectivity index (χ2v) is 14.9. The summed E-state index contributed by atoms with van der Waals surface area (Å²) in [5.41, 5.74) is 5.89. The lowest BCUT2D eigenvalue weighted by Crippen LogP contribution is -2.33. The summed E-state index contributed by atoms with van der Waals surface area (Å²) in [7, 11) is -16.8. The maximum Gasteiger partial charge on any atom is 0.490 e. The number of aliphatic hydroxyl groups excluding tert-OH is 2. The average Bonchev–Trinajstić information content (AvgIpc) is 3.60. The molecule has 0 bridgehead atoms. The monoisotopic (exact) mass is 798 g/mol. The molecule has 2 aromatic heterocycles. The molecule has 0 saturated carbocycles. The molecular weight excluding hydrogens is 753 g/mol. The highest BCUT2D eigenvalue weighted by molar-refractivity contribution is 7.66. The van der Waals surface area contributed by atoms with Gasteiger partial charge in [-0.2, -0.15) is 8.62 Å². The van der Waals surface area contributed by atoms with Crippen LogP contribution < -0.4 is 11.1 Å². The highest BCUT2D eigenvalue weighted by Gasteiger charge is 2.47. The lowest BCUT2D eigenvalue weighted by molar-refractivity contribution is -0.0503.